The molecule has 0 aromatic heterocycles. The highest BCUT2D eigenvalue weighted by Gasteiger charge is 2.30. The largest absolute Gasteiger partial charge is 0.483 e. The van der Waals surface area contributed by atoms with Crippen LogP contribution in [0.2, 0.25) is 0 Å². The molecule has 0 saturated carbocycles. The number of nitrogens with one attached hydrogen (secondary N) is 2. The zero-order chi connectivity index (χ0) is 23.0. The van der Waals surface area contributed by atoms with Gasteiger partial charge in [0.1, 0.15) is 5.75 Å². The topological polar surface area (TPSA) is 79.8 Å². The van der Waals surface area contributed by atoms with Gasteiger partial charge in [0.05, 0.1) is 11.8 Å². The first-order valence-electron chi connectivity index (χ1n) is 9.40. The Bertz CT molecular complexity index is 1120. The van der Waals surface area contributed by atoms with Gasteiger partial charge in [-0.15, -0.1) is 0 Å². The smallest absolute Gasteiger partial charge is 0.416 e. The SMILES string of the molecule is O=C(COc1ccccc1/C=N/NC(=O)c1cccc(C(F)(F)F)c1)Nc1ccccc1. The summed E-state index contributed by atoms with van der Waals surface area (Å²) in [5.41, 5.74) is 2.16. The van der Waals surface area contributed by atoms with E-state index in [2.05, 4.69) is 15.8 Å². The quantitative estimate of drug-likeness (QED) is 0.419. The minimum atomic E-state index is -4.55. The van der Waals surface area contributed by atoms with E-state index in [1.165, 1.54) is 12.3 Å². The first kappa shape index (κ1) is 22.5. The number of amides is 2. The van der Waals surface area contributed by atoms with Gasteiger partial charge < -0.3 is 10.1 Å². The summed E-state index contributed by atoms with van der Waals surface area (Å²) in [6, 6.07) is 19.6. The highest BCUT2D eigenvalue weighted by atomic mass is 19.4. The lowest BCUT2D eigenvalue weighted by Gasteiger charge is -2.09. The molecule has 6 nitrogen and oxygen atoms in total. The van der Waals surface area contributed by atoms with Gasteiger partial charge in [-0.3, -0.25) is 9.59 Å². The number of benzene rings is 3. The Morgan fingerprint density at radius 3 is 2.41 bits per heavy atom. The molecule has 0 saturated heterocycles. The van der Waals surface area contributed by atoms with Gasteiger partial charge in [-0.2, -0.15) is 18.3 Å². The van der Waals surface area contributed by atoms with Crippen molar-refractivity contribution in [2.24, 2.45) is 5.10 Å². The third-order valence-corrected chi connectivity index (χ3v) is 4.16. The maximum absolute atomic E-state index is 12.8. The van der Waals surface area contributed by atoms with E-state index in [4.69, 9.17) is 4.74 Å². The fraction of sp³-hybridized carbons (Fsp3) is 0.0870. The van der Waals surface area contributed by atoms with Crippen molar-refractivity contribution in [3.05, 3.63) is 95.6 Å². The Labute approximate surface area is 181 Å². The second-order valence-corrected chi connectivity index (χ2v) is 6.52. The van der Waals surface area contributed by atoms with E-state index in [1.54, 1.807) is 48.5 Å². The fourth-order valence-electron chi connectivity index (χ4n) is 2.64. The van der Waals surface area contributed by atoms with Crippen LogP contribution in [0.3, 0.4) is 0 Å². The fourth-order valence-corrected chi connectivity index (χ4v) is 2.64. The molecule has 0 aliphatic heterocycles. The summed E-state index contributed by atoms with van der Waals surface area (Å²) in [7, 11) is 0. The number of ether oxygens (including phenoxy) is 1. The number of alkyl halides is 3. The molecule has 0 unspecified atom stereocenters. The molecule has 0 atom stereocenters. The maximum Gasteiger partial charge on any atom is 0.416 e. The molecule has 32 heavy (non-hydrogen) atoms. The van der Waals surface area contributed by atoms with Gasteiger partial charge in [-0.05, 0) is 42.5 Å². The molecule has 2 amide bonds. The lowest BCUT2D eigenvalue weighted by molar-refractivity contribution is -0.137. The number of carbonyl (C=O) groups is 2. The first-order chi connectivity index (χ1) is 15.3. The minimum Gasteiger partial charge on any atom is -0.483 e. The summed E-state index contributed by atoms with van der Waals surface area (Å²) in [5, 5.41) is 6.47. The molecular weight excluding hydrogens is 423 g/mol. The molecule has 3 aromatic rings. The highest BCUT2D eigenvalue weighted by Crippen LogP contribution is 2.29. The highest BCUT2D eigenvalue weighted by molar-refractivity contribution is 5.95. The van der Waals surface area contributed by atoms with Crippen LogP contribution >= 0.6 is 0 Å². The summed E-state index contributed by atoms with van der Waals surface area (Å²) in [6.07, 6.45) is -3.28. The normalized spacial score (nSPS) is 11.2. The molecule has 0 spiro atoms. The van der Waals surface area contributed by atoms with E-state index in [-0.39, 0.29) is 18.1 Å². The third-order valence-electron chi connectivity index (χ3n) is 4.16. The lowest BCUT2D eigenvalue weighted by atomic mass is 10.1. The first-order valence-corrected chi connectivity index (χ1v) is 9.40. The van der Waals surface area contributed by atoms with Crippen LogP contribution in [0.25, 0.3) is 0 Å². The molecule has 3 aromatic carbocycles. The van der Waals surface area contributed by atoms with Gasteiger partial charge in [-0.25, -0.2) is 5.43 Å². The molecule has 3 rings (SSSR count). The monoisotopic (exact) mass is 441 g/mol. The average molecular weight is 441 g/mol. The Balaban J connectivity index is 1.60. The van der Waals surface area contributed by atoms with E-state index < -0.39 is 17.6 Å². The van der Waals surface area contributed by atoms with Crippen LogP contribution in [0, 0.1) is 0 Å². The van der Waals surface area contributed by atoms with Crippen LogP contribution in [0.1, 0.15) is 21.5 Å². The summed E-state index contributed by atoms with van der Waals surface area (Å²) in [4.78, 5) is 24.2. The van der Waals surface area contributed by atoms with Crippen molar-refractivity contribution in [2.75, 3.05) is 11.9 Å². The van der Waals surface area contributed by atoms with Gasteiger partial charge in [0.25, 0.3) is 11.8 Å². The molecule has 9 heteroatoms. The van der Waals surface area contributed by atoms with E-state index in [1.807, 2.05) is 6.07 Å². The van der Waals surface area contributed by atoms with Crippen LogP contribution in [0.5, 0.6) is 5.75 Å². The van der Waals surface area contributed by atoms with Crippen LogP contribution in [-0.2, 0) is 11.0 Å². The van der Waals surface area contributed by atoms with Crippen molar-refractivity contribution in [3.8, 4) is 5.75 Å². The number of hydrazone groups is 1. The standard InChI is InChI=1S/C23H18F3N3O3/c24-23(25,26)18-9-6-8-16(13-18)22(31)29-27-14-17-7-4-5-12-20(17)32-15-21(30)28-19-10-2-1-3-11-19/h1-14H,15H2,(H,28,30)(H,29,31)/b27-14+. The predicted molar refractivity (Wildman–Crippen MR) is 114 cm³/mol. The Hall–Kier alpha value is -4.14. The number of nitrogens with zero attached hydrogens (tertiary/aromatic N) is 1. The number of para-hydroxylation sites is 2. The van der Waals surface area contributed by atoms with Crippen molar-refractivity contribution in [1.29, 1.82) is 0 Å². The van der Waals surface area contributed by atoms with Crippen LogP contribution in [0.4, 0.5) is 18.9 Å². The van der Waals surface area contributed by atoms with Crippen LogP contribution in [0.15, 0.2) is 84.0 Å². The average Bonchev–Trinajstić information content (AvgIpc) is 2.78. The lowest BCUT2D eigenvalue weighted by Crippen LogP contribution is -2.20. The number of halogens is 3. The van der Waals surface area contributed by atoms with E-state index >= 15 is 0 Å². The van der Waals surface area contributed by atoms with E-state index in [0.717, 1.165) is 18.2 Å². The molecule has 2 N–H and O–H groups in total. The van der Waals surface area contributed by atoms with Gasteiger partial charge in [0.15, 0.2) is 6.61 Å². The maximum atomic E-state index is 12.8. The molecule has 0 bridgehead atoms. The van der Waals surface area contributed by atoms with Gasteiger partial charge >= 0.3 is 6.18 Å². The number of hydrogen-bond acceptors (Lipinski definition) is 4. The summed E-state index contributed by atoms with van der Waals surface area (Å²) < 4.78 is 43.9. The predicted octanol–water partition coefficient (Wildman–Crippen LogP) is 4.49. The molecular formula is C23H18F3N3O3. The van der Waals surface area contributed by atoms with Crippen molar-refractivity contribution in [1.82, 2.24) is 5.43 Å². The van der Waals surface area contributed by atoms with Crippen molar-refractivity contribution < 1.29 is 27.5 Å². The Morgan fingerprint density at radius 2 is 1.66 bits per heavy atom. The third kappa shape index (κ3) is 6.43. The number of carbonyl (C=O) groups excluding carboxylic acids is 2. The Morgan fingerprint density at radius 1 is 0.938 bits per heavy atom. The molecule has 0 fully saturated rings. The molecule has 0 aliphatic carbocycles. The van der Waals surface area contributed by atoms with E-state index in [9.17, 15) is 22.8 Å². The molecule has 0 aliphatic rings. The van der Waals surface area contributed by atoms with Crippen molar-refractivity contribution in [2.45, 2.75) is 6.18 Å². The summed E-state index contributed by atoms with van der Waals surface area (Å²) in [6.45, 7) is -0.254. The van der Waals surface area contributed by atoms with Gasteiger partial charge in [0, 0.05) is 16.8 Å². The number of hydrogen-bond donors (Lipinski definition) is 2. The zero-order valence-electron chi connectivity index (χ0n) is 16.6. The number of anilines is 1. The second-order valence-electron chi connectivity index (χ2n) is 6.52. The Kier molecular flexibility index (Phi) is 7.22. The van der Waals surface area contributed by atoms with Gasteiger partial charge in [0.2, 0.25) is 0 Å². The van der Waals surface area contributed by atoms with E-state index in [0.29, 0.717) is 17.0 Å². The number of rotatable bonds is 7. The summed E-state index contributed by atoms with van der Waals surface area (Å²) in [5.74, 6) is -0.818. The van der Waals surface area contributed by atoms with Gasteiger partial charge in [-0.1, -0.05) is 36.4 Å². The van der Waals surface area contributed by atoms with Crippen molar-refractivity contribution in [3.63, 3.8) is 0 Å². The minimum absolute atomic E-state index is 0.181. The summed E-state index contributed by atoms with van der Waals surface area (Å²) >= 11 is 0. The zero-order valence-corrected chi connectivity index (χ0v) is 16.6. The van der Waals surface area contributed by atoms with Crippen molar-refractivity contribution >= 4 is 23.7 Å². The molecule has 164 valence electrons. The second kappa shape index (κ2) is 10.3. The molecule has 0 heterocycles. The van der Waals surface area contributed by atoms with Crippen LogP contribution < -0.4 is 15.5 Å². The molecule has 0 radical (unpaired) electrons. The van der Waals surface area contributed by atoms with Crippen LogP contribution in [-0.4, -0.2) is 24.6 Å².